The molecular weight excluding hydrogens is 665 g/mol. The Kier molecular flexibility index (Phi) is 19.1. The van der Waals surface area contributed by atoms with Crippen LogP contribution in [0.3, 0.4) is 0 Å². The van der Waals surface area contributed by atoms with Gasteiger partial charge in [0, 0.05) is 56.5 Å². The number of hydrogen-bond acceptors (Lipinski definition) is 11. The molecule has 286 valence electrons. The fraction of sp³-hybridized carbons (Fsp3) is 0.405. The van der Waals surface area contributed by atoms with Crippen molar-refractivity contribution in [1.82, 2.24) is 29.7 Å². The van der Waals surface area contributed by atoms with Gasteiger partial charge in [0.15, 0.2) is 0 Å². The van der Waals surface area contributed by atoms with Gasteiger partial charge in [-0.05, 0) is 69.4 Å². The zero-order chi connectivity index (χ0) is 35.1. The fourth-order valence-electron chi connectivity index (χ4n) is 5.87. The molecular formula is C42H60N8O3. The van der Waals surface area contributed by atoms with Crippen molar-refractivity contribution in [3.8, 4) is 22.5 Å². The highest BCUT2D eigenvalue weighted by atomic mass is 16.5. The predicted octanol–water partition coefficient (Wildman–Crippen LogP) is 6.67. The van der Waals surface area contributed by atoms with Crippen molar-refractivity contribution in [3.63, 3.8) is 0 Å². The highest BCUT2D eigenvalue weighted by Gasteiger charge is 2.16. The van der Waals surface area contributed by atoms with E-state index in [1.807, 2.05) is 67.1 Å². The van der Waals surface area contributed by atoms with Gasteiger partial charge in [0.2, 0.25) is 0 Å². The first kappa shape index (κ1) is 44.2. The number of methoxy groups -OCH3 is 1. The van der Waals surface area contributed by atoms with Gasteiger partial charge in [0.05, 0.1) is 49.9 Å². The maximum atomic E-state index is 11.3. The molecule has 0 aliphatic carbocycles. The SMILES string of the molecule is C.C.C.CN1CCCN(c2cncc(-c3cccc(/C=C/CO)c3)n2)CC1.COC(=O)/C=C/c1cccc(-c2cncc(N3CCCN(C)CC3)n2)c1. The van der Waals surface area contributed by atoms with E-state index >= 15 is 0 Å². The van der Waals surface area contributed by atoms with E-state index in [0.29, 0.717) is 0 Å². The molecule has 2 aliphatic rings. The quantitative estimate of drug-likeness (QED) is 0.155. The topological polar surface area (TPSA) is 111 Å². The van der Waals surface area contributed by atoms with Gasteiger partial charge in [-0.1, -0.05) is 70.8 Å². The van der Waals surface area contributed by atoms with Crippen molar-refractivity contribution in [2.45, 2.75) is 35.1 Å². The molecule has 6 rings (SSSR count). The Balaban J connectivity index is 0.000000348. The number of carbonyl (C=O) groups excluding carboxylic acids is 1. The third-order valence-corrected chi connectivity index (χ3v) is 8.72. The highest BCUT2D eigenvalue weighted by molar-refractivity contribution is 5.87. The second kappa shape index (κ2) is 22.9. The molecule has 0 bridgehead atoms. The third-order valence-electron chi connectivity index (χ3n) is 8.72. The van der Waals surface area contributed by atoms with E-state index in [1.54, 1.807) is 18.3 Å². The Morgan fingerprint density at radius 2 is 1.19 bits per heavy atom. The first-order valence-electron chi connectivity index (χ1n) is 17.2. The molecule has 1 N–H and O–H groups in total. The van der Waals surface area contributed by atoms with Gasteiger partial charge in [0.1, 0.15) is 11.6 Å². The largest absolute Gasteiger partial charge is 0.466 e. The van der Waals surface area contributed by atoms with E-state index in [2.05, 4.69) is 54.5 Å². The lowest BCUT2D eigenvalue weighted by atomic mass is 10.1. The first-order chi connectivity index (χ1) is 24.4. The average molecular weight is 725 g/mol. The second-order valence-corrected chi connectivity index (χ2v) is 12.5. The molecule has 0 radical (unpaired) electrons. The minimum Gasteiger partial charge on any atom is -0.466 e. The maximum Gasteiger partial charge on any atom is 0.330 e. The second-order valence-electron chi connectivity index (χ2n) is 12.5. The molecule has 2 saturated heterocycles. The van der Waals surface area contributed by atoms with Gasteiger partial charge in [0.25, 0.3) is 0 Å². The minimum atomic E-state index is -0.372. The van der Waals surface area contributed by atoms with Crippen LogP contribution in [0.1, 0.15) is 46.2 Å². The molecule has 0 unspecified atom stereocenters. The monoisotopic (exact) mass is 724 g/mol. The Morgan fingerprint density at radius 3 is 1.66 bits per heavy atom. The lowest BCUT2D eigenvalue weighted by Crippen LogP contribution is -2.29. The van der Waals surface area contributed by atoms with Crippen LogP contribution in [0.4, 0.5) is 11.6 Å². The summed E-state index contributed by atoms with van der Waals surface area (Å²) in [4.78, 5) is 39.0. The number of benzene rings is 2. The summed E-state index contributed by atoms with van der Waals surface area (Å²) in [6.07, 6.45) is 16.3. The van der Waals surface area contributed by atoms with E-state index in [9.17, 15) is 4.79 Å². The number of aliphatic hydroxyl groups is 1. The Labute approximate surface area is 317 Å². The number of anilines is 2. The summed E-state index contributed by atoms with van der Waals surface area (Å²) >= 11 is 0. The van der Waals surface area contributed by atoms with Gasteiger partial charge >= 0.3 is 5.97 Å². The number of carbonyl (C=O) groups is 1. The molecule has 11 nitrogen and oxygen atoms in total. The van der Waals surface area contributed by atoms with Gasteiger partial charge in [-0.15, -0.1) is 0 Å². The van der Waals surface area contributed by atoms with Crippen LogP contribution in [0.5, 0.6) is 0 Å². The molecule has 0 spiro atoms. The Hall–Kier alpha value is -4.97. The molecule has 2 aromatic heterocycles. The van der Waals surface area contributed by atoms with Crippen molar-refractivity contribution in [3.05, 3.63) is 96.6 Å². The van der Waals surface area contributed by atoms with Crippen LogP contribution in [0.2, 0.25) is 0 Å². The normalized spacial score (nSPS) is 15.2. The Bertz CT molecular complexity index is 1750. The summed E-state index contributed by atoms with van der Waals surface area (Å²) in [6.45, 7) is 8.30. The number of likely N-dealkylation sites (N-methyl/N-ethyl adjacent to an activating group) is 2. The molecule has 0 amide bonds. The molecule has 0 atom stereocenters. The number of hydrogen-bond donors (Lipinski definition) is 1. The van der Waals surface area contributed by atoms with Crippen molar-refractivity contribution in [1.29, 1.82) is 0 Å². The maximum absolute atomic E-state index is 11.3. The first-order valence-corrected chi connectivity index (χ1v) is 17.2. The van der Waals surface area contributed by atoms with Crippen molar-refractivity contribution in [2.24, 2.45) is 0 Å². The predicted molar refractivity (Wildman–Crippen MR) is 221 cm³/mol. The van der Waals surface area contributed by atoms with E-state index in [4.69, 9.17) is 15.1 Å². The molecule has 2 aliphatic heterocycles. The number of aliphatic hydroxyl groups excluding tert-OH is 1. The molecule has 2 fully saturated rings. The lowest BCUT2D eigenvalue weighted by Gasteiger charge is -2.21. The minimum absolute atomic E-state index is 0. The van der Waals surface area contributed by atoms with Gasteiger partial charge in [-0.25, -0.2) is 14.8 Å². The lowest BCUT2D eigenvalue weighted by molar-refractivity contribution is -0.134. The zero-order valence-electron chi connectivity index (χ0n) is 29.4. The van der Waals surface area contributed by atoms with Crippen LogP contribution < -0.4 is 9.80 Å². The van der Waals surface area contributed by atoms with Crippen LogP contribution in [-0.4, -0.2) is 121 Å². The van der Waals surface area contributed by atoms with Crippen LogP contribution in [-0.2, 0) is 9.53 Å². The van der Waals surface area contributed by atoms with Gasteiger partial charge in [-0.2, -0.15) is 0 Å². The molecule has 53 heavy (non-hydrogen) atoms. The number of ether oxygens (including phenoxy) is 1. The van der Waals surface area contributed by atoms with Crippen LogP contribution in [0.15, 0.2) is 85.5 Å². The fourth-order valence-corrected chi connectivity index (χ4v) is 5.87. The van der Waals surface area contributed by atoms with Crippen molar-refractivity contribution in [2.75, 3.05) is 90.0 Å². The van der Waals surface area contributed by atoms with E-state index in [0.717, 1.165) is 110 Å². The van der Waals surface area contributed by atoms with Crippen LogP contribution in [0, 0.1) is 0 Å². The summed E-state index contributed by atoms with van der Waals surface area (Å²) in [5.74, 6) is 1.48. The number of esters is 1. The standard InChI is InChI=1S/C20H24N4O2.C19H24N4O.3CH4/c1-23-9-4-10-24(12-11-23)19-15-21-14-18(22-19)17-6-3-5-16(13-17)7-8-20(25)26-2;1-22-8-4-9-23(11-10-22)19-15-20-14-18(21-19)17-7-2-5-16(13-17)6-3-12-24;;;/h3,5-8,13-15H,4,9-12H2,1-2H3;2-3,5-7,13-15,24H,4,8-12H2,1H3;3*1H4/b8-7+;6-3+;;;. The van der Waals surface area contributed by atoms with E-state index in [-0.39, 0.29) is 34.9 Å². The Morgan fingerprint density at radius 1 is 0.698 bits per heavy atom. The van der Waals surface area contributed by atoms with Crippen molar-refractivity contribution >= 4 is 29.8 Å². The van der Waals surface area contributed by atoms with Gasteiger partial charge < -0.3 is 29.4 Å². The third kappa shape index (κ3) is 13.5. The van der Waals surface area contributed by atoms with Crippen LogP contribution >= 0.6 is 0 Å². The summed E-state index contributed by atoms with van der Waals surface area (Å²) in [5.41, 5.74) is 5.68. The zero-order valence-corrected chi connectivity index (χ0v) is 29.4. The van der Waals surface area contributed by atoms with Crippen molar-refractivity contribution < 1.29 is 14.6 Å². The summed E-state index contributed by atoms with van der Waals surface area (Å²) in [5, 5.41) is 8.92. The molecule has 0 saturated carbocycles. The summed E-state index contributed by atoms with van der Waals surface area (Å²) in [6, 6.07) is 16.0. The molecule has 11 heteroatoms. The highest BCUT2D eigenvalue weighted by Crippen LogP contribution is 2.23. The number of nitrogens with zero attached hydrogens (tertiary/aromatic N) is 8. The van der Waals surface area contributed by atoms with E-state index in [1.165, 1.54) is 13.2 Å². The average Bonchev–Trinajstić information content (AvgIpc) is 3.53. The number of rotatable bonds is 8. The smallest absolute Gasteiger partial charge is 0.330 e. The molecule has 4 heterocycles. The summed E-state index contributed by atoms with van der Waals surface area (Å²) in [7, 11) is 5.68. The van der Waals surface area contributed by atoms with E-state index < -0.39 is 0 Å². The van der Waals surface area contributed by atoms with Gasteiger partial charge in [-0.3, -0.25) is 9.97 Å². The van der Waals surface area contributed by atoms with Crippen LogP contribution in [0.25, 0.3) is 34.7 Å². The molecule has 2 aromatic carbocycles. The summed E-state index contributed by atoms with van der Waals surface area (Å²) < 4.78 is 4.63. The molecule has 4 aromatic rings. The number of aromatic nitrogens is 4.